The Morgan fingerprint density at radius 1 is 1.04 bits per heavy atom. The summed E-state index contributed by atoms with van der Waals surface area (Å²) in [4.78, 5) is 14.8. The molecule has 27 heavy (non-hydrogen) atoms. The number of carbonyl (C=O) groups excluding carboxylic acids is 1. The van der Waals surface area contributed by atoms with Crippen molar-refractivity contribution in [2.24, 2.45) is 0 Å². The Balaban J connectivity index is 1.68. The molecule has 0 aliphatic rings. The summed E-state index contributed by atoms with van der Waals surface area (Å²) in [5.74, 6) is 0.0102. The highest BCUT2D eigenvalue weighted by Gasteiger charge is 2.18. The monoisotopic (exact) mass is 362 g/mol. The molecule has 0 radical (unpaired) electrons. The Hall–Kier alpha value is -2.92. The lowest BCUT2D eigenvalue weighted by Gasteiger charge is -2.17. The number of nitrogens with one attached hydrogen (secondary N) is 1. The van der Waals surface area contributed by atoms with Crippen LogP contribution in [-0.2, 0) is 11.3 Å². The molecular weight excluding hydrogens is 336 g/mol. The Kier molecular flexibility index (Phi) is 6.39. The van der Waals surface area contributed by atoms with E-state index in [0.29, 0.717) is 6.42 Å². The number of hydrogen-bond donors (Lipinski definition) is 1. The van der Waals surface area contributed by atoms with E-state index in [9.17, 15) is 4.79 Å². The van der Waals surface area contributed by atoms with Crippen molar-refractivity contribution in [3.63, 3.8) is 0 Å². The zero-order valence-electron chi connectivity index (χ0n) is 15.9. The summed E-state index contributed by atoms with van der Waals surface area (Å²) in [5, 5.41) is 7.30. The fraction of sp³-hybridized carbons (Fsp3) is 0.273. The summed E-state index contributed by atoms with van der Waals surface area (Å²) in [6.45, 7) is 1.69. The van der Waals surface area contributed by atoms with Crippen LogP contribution in [0.15, 0.2) is 73.1 Å². The van der Waals surface area contributed by atoms with Crippen LogP contribution >= 0.6 is 0 Å². The molecule has 0 atom stereocenters. The highest BCUT2D eigenvalue weighted by atomic mass is 16.1. The van der Waals surface area contributed by atoms with Gasteiger partial charge in [0.25, 0.3) is 0 Å². The third-order valence-corrected chi connectivity index (χ3v) is 4.49. The van der Waals surface area contributed by atoms with Gasteiger partial charge in [0, 0.05) is 25.1 Å². The van der Waals surface area contributed by atoms with Crippen LogP contribution < -0.4 is 5.32 Å². The van der Waals surface area contributed by atoms with Crippen LogP contribution in [0.3, 0.4) is 0 Å². The van der Waals surface area contributed by atoms with Crippen molar-refractivity contribution in [2.75, 3.05) is 26.0 Å². The first kappa shape index (κ1) is 18.9. The SMILES string of the molecule is CN(C)CCn1cc(NC(=O)CC(c2ccccc2)c2ccccc2)cn1. The first-order valence-corrected chi connectivity index (χ1v) is 9.19. The fourth-order valence-corrected chi connectivity index (χ4v) is 3.05. The fourth-order valence-electron chi connectivity index (χ4n) is 3.05. The molecule has 0 fully saturated rings. The number of likely N-dealkylation sites (N-methyl/N-ethyl adjacent to an activating group) is 1. The van der Waals surface area contributed by atoms with Gasteiger partial charge in [0.05, 0.1) is 18.4 Å². The van der Waals surface area contributed by atoms with Gasteiger partial charge in [0.15, 0.2) is 0 Å². The van der Waals surface area contributed by atoms with Crippen LogP contribution in [0.5, 0.6) is 0 Å². The van der Waals surface area contributed by atoms with Gasteiger partial charge >= 0.3 is 0 Å². The highest BCUT2D eigenvalue weighted by molar-refractivity contribution is 5.91. The smallest absolute Gasteiger partial charge is 0.225 e. The Bertz CT molecular complexity index is 804. The summed E-state index contributed by atoms with van der Waals surface area (Å²) < 4.78 is 1.85. The van der Waals surface area contributed by atoms with Crippen LogP contribution in [0.25, 0.3) is 0 Å². The van der Waals surface area contributed by atoms with Gasteiger partial charge in [-0.2, -0.15) is 5.10 Å². The second kappa shape index (κ2) is 9.14. The van der Waals surface area contributed by atoms with Crippen LogP contribution in [0, 0.1) is 0 Å². The number of benzene rings is 2. The van der Waals surface area contributed by atoms with Crippen molar-refractivity contribution in [1.29, 1.82) is 0 Å². The van der Waals surface area contributed by atoms with E-state index >= 15 is 0 Å². The summed E-state index contributed by atoms with van der Waals surface area (Å²) in [6.07, 6.45) is 3.96. The molecule has 3 rings (SSSR count). The minimum absolute atomic E-state index is 0.0140. The number of carbonyl (C=O) groups is 1. The van der Waals surface area contributed by atoms with Crippen LogP contribution in [0.4, 0.5) is 5.69 Å². The Labute approximate surface area is 160 Å². The topological polar surface area (TPSA) is 50.2 Å². The number of rotatable bonds is 8. The minimum atomic E-state index is -0.0140. The van der Waals surface area contributed by atoms with Gasteiger partial charge in [-0.1, -0.05) is 60.7 Å². The second-order valence-corrected chi connectivity index (χ2v) is 6.92. The molecule has 1 amide bonds. The number of hydrogen-bond acceptors (Lipinski definition) is 3. The molecule has 0 saturated carbocycles. The average molecular weight is 362 g/mol. The minimum Gasteiger partial charge on any atom is -0.323 e. The number of nitrogens with zero attached hydrogens (tertiary/aromatic N) is 3. The van der Waals surface area contributed by atoms with Gasteiger partial charge in [-0.3, -0.25) is 9.48 Å². The maximum atomic E-state index is 12.7. The number of anilines is 1. The summed E-state index contributed by atoms with van der Waals surface area (Å²) in [5.41, 5.74) is 3.01. The van der Waals surface area contributed by atoms with Crippen LogP contribution in [0.2, 0.25) is 0 Å². The summed E-state index contributed by atoms with van der Waals surface area (Å²) in [7, 11) is 4.05. The largest absolute Gasteiger partial charge is 0.323 e. The third-order valence-electron chi connectivity index (χ3n) is 4.49. The van der Waals surface area contributed by atoms with E-state index in [1.165, 1.54) is 0 Å². The molecule has 0 saturated heterocycles. The first-order valence-electron chi connectivity index (χ1n) is 9.19. The van der Waals surface area contributed by atoms with Gasteiger partial charge in [0.2, 0.25) is 5.91 Å². The van der Waals surface area contributed by atoms with E-state index in [-0.39, 0.29) is 11.8 Å². The molecule has 0 bridgehead atoms. The van der Waals surface area contributed by atoms with E-state index in [4.69, 9.17) is 0 Å². The van der Waals surface area contributed by atoms with Crippen molar-refractivity contribution in [1.82, 2.24) is 14.7 Å². The van der Waals surface area contributed by atoms with Gasteiger partial charge in [-0.05, 0) is 25.2 Å². The predicted molar refractivity (Wildman–Crippen MR) is 109 cm³/mol. The standard InChI is InChI=1S/C22H26N4O/c1-25(2)13-14-26-17-20(16-23-26)24-22(27)15-21(18-9-5-3-6-10-18)19-11-7-4-8-12-19/h3-12,16-17,21H,13-15H2,1-2H3,(H,24,27). The first-order chi connectivity index (χ1) is 13.1. The maximum absolute atomic E-state index is 12.7. The summed E-state index contributed by atoms with van der Waals surface area (Å²) in [6, 6.07) is 20.3. The zero-order valence-corrected chi connectivity index (χ0v) is 15.9. The van der Waals surface area contributed by atoms with Crippen molar-refractivity contribution >= 4 is 11.6 Å². The summed E-state index contributed by atoms with van der Waals surface area (Å²) >= 11 is 0. The molecule has 0 unspecified atom stereocenters. The van der Waals surface area contributed by atoms with E-state index in [1.807, 2.05) is 61.4 Å². The van der Waals surface area contributed by atoms with Gasteiger partial charge in [-0.25, -0.2) is 0 Å². The molecule has 0 spiro atoms. The van der Waals surface area contributed by atoms with Crippen LogP contribution in [0.1, 0.15) is 23.5 Å². The maximum Gasteiger partial charge on any atom is 0.225 e. The predicted octanol–water partition coefficient (Wildman–Crippen LogP) is 3.61. The van der Waals surface area contributed by atoms with Gasteiger partial charge < -0.3 is 10.2 Å². The molecule has 3 aromatic rings. The van der Waals surface area contributed by atoms with Crippen molar-refractivity contribution < 1.29 is 4.79 Å². The molecule has 1 aromatic heterocycles. The molecule has 0 aliphatic heterocycles. The molecule has 140 valence electrons. The van der Waals surface area contributed by atoms with E-state index in [2.05, 4.69) is 39.6 Å². The van der Waals surface area contributed by atoms with E-state index in [1.54, 1.807) is 6.20 Å². The molecule has 0 aliphatic carbocycles. The van der Waals surface area contributed by atoms with Crippen molar-refractivity contribution in [3.05, 3.63) is 84.2 Å². The highest BCUT2D eigenvalue weighted by Crippen LogP contribution is 2.28. The molecule has 2 aromatic carbocycles. The lowest BCUT2D eigenvalue weighted by Crippen LogP contribution is -2.18. The van der Waals surface area contributed by atoms with Crippen LogP contribution in [-0.4, -0.2) is 41.2 Å². The second-order valence-electron chi connectivity index (χ2n) is 6.92. The Morgan fingerprint density at radius 3 is 2.19 bits per heavy atom. The quantitative estimate of drug-likeness (QED) is 0.666. The van der Waals surface area contributed by atoms with Gasteiger partial charge in [0.1, 0.15) is 0 Å². The molecule has 5 nitrogen and oxygen atoms in total. The molecule has 5 heteroatoms. The zero-order chi connectivity index (χ0) is 19.1. The molecule has 1 heterocycles. The van der Waals surface area contributed by atoms with E-state index < -0.39 is 0 Å². The normalized spacial score (nSPS) is 11.1. The lowest BCUT2D eigenvalue weighted by molar-refractivity contribution is -0.116. The number of aromatic nitrogens is 2. The lowest BCUT2D eigenvalue weighted by atomic mass is 9.88. The molecule has 1 N–H and O–H groups in total. The molecular formula is C22H26N4O. The van der Waals surface area contributed by atoms with Crippen molar-refractivity contribution in [3.8, 4) is 0 Å². The third kappa shape index (κ3) is 5.53. The van der Waals surface area contributed by atoms with Gasteiger partial charge in [-0.15, -0.1) is 0 Å². The van der Waals surface area contributed by atoms with E-state index in [0.717, 1.165) is 29.9 Å². The average Bonchev–Trinajstić information content (AvgIpc) is 3.13. The van der Waals surface area contributed by atoms with Crippen molar-refractivity contribution in [2.45, 2.75) is 18.9 Å². The number of amides is 1. The Morgan fingerprint density at radius 2 is 1.63 bits per heavy atom.